The van der Waals surface area contributed by atoms with E-state index in [1.807, 2.05) is 0 Å². The Kier molecular flexibility index (Phi) is 5.24. The number of carboxylic acid groups (broad SMARTS) is 1. The van der Waals surface area contributed by atoms with Crippen LogP contribution in [-0.4, -0.2) is 28.6 Å². The molecule has 2 aromatic rings. The Morgan fingerprint density at radius 1 is 1.08 bits per heavy atom. The summed E-state index contributed by atoms with van der Waals surface area (Å²) in [5.41, 5.74) is 6.03. The third-order valence-corrected chi connectivity index (χ3v) is 5.25. The number of carboxylic acids is 1. The lowest BCUT2D eigenvalue weighted by Crippen LogP contribution is -2.47. The average molecular weight is 337 g/mol. The molecule has 0 bridgehead atoms. The zero-order valence-electron chi connectivity index (χ0n) is 15.3. The molecule has 3 nitrogen and oxygen atoms in total. The van der Waals surface area contributed by atoms with Crippen molar-refractivity contribution in [2.45, 2.75) is 52.1 Å². The minimum atomic E-state index is -0.706. The van der Waals surface area contributed by atoms with Gasteiger partial charge in [-0.25, -0.2) is 0 Å². The Hall–Kier alpha value is -2.13. The van der Waals surface area contributed by atoms with Crippen molar-refractivity contribution in [3.05, 3.63) is 70.3 Å². The van der Waals surface area contributed by atoms with Gasteiger partial charge in [-0.2, -0.15) is 0 Å². The molecule has 0 radical (unpaired) electrons. The van der Waals surface area contributed by atoms with Gasteiger partial charge in [0.05, 0.1) is 6.04 Å². The molecule has 1 N–H and O–H groups in total. The molecule has 1 aliphatic heterocycles. The standard InChI is InChI=1S/C22H27NO2/c1-15-7-6-8-18(13-15)21(19-14-16(2)10-11-17(19)3)23-12-5-4-9-20(23)22(24)25/h6-8,10-11,13-14,20-21H,4-5,9,12H2,1-3H3,(H,24,25). The first kappa shape index (κ1) is 17.7. The highest BCUT2D eigenvalue weighted by Gasteiger charge is 2.35. The van der Waals surface area contributed by atoms with Gasteiger partial charge in [0.2, 0.25) is 0 Å². The Labute approximate surface area is 150 Å². The molecule has 1 aliphatic rings. The van der Waals surface area contributed by atoms with Gasteiger partial charge in [-0.15, -0.1) is 0 Å². The molecule has 3 rings (SSSR count). The normalized spacial score (nSPS) is 19.6. The van der Waals surface area contributed by atoms with Crippen LogP contribution in [0, 0.1) is 20.8 Å². The molecule has 132 valence electrons. The van der Waals surface area contributed by atoms with Crippen molar-refractivity contribution in [2.75, 3.05) is 6.54 Å². The van der Waals surface area contributed by atoms with E-state index in [4.69, 9.17) is 0 Å². The first-order chi connectivity index (χ1) is 12.0. The minimum absolute atomic E-state index is 0.0128. The molecular weight excluding hydrogens is 310 g/mol. The highest BCUT2D eigenvalue weighted by Crippen LogP contribution is 2.36. The Morgan fingerprint density at radius 3 is 2.56 bits per heavy atom. The largest absolute Gasteiger partial charge is 0.480 e. The fourth-order valence-electron chi connectivity index (χ4n) is 3.97. The maximum atomic E-state index is 11.9. The van der Waals surface area contributed by atoms with E-state index < -0.39 is 12.0 Å². The first-order valence-corrected chi connectivity index (χ1v) is 9.09. The lowest BCUT2D eigenvalue weighted by atomic mass is 9.88. The summed E-state index contributed by atoms with van der Waals surface area (Å²) in [7, 11) is 0. The topological polar surface area (TPSA) is 40.5 Å². The molecule has 0 saturated carbocycles. The summed E-state index contributed by atoms with van der Waals surface area (Å²) < 4.78 is 0. The number of rotatable bonds is 4. The summed E-state index contributed by atoms with van der Waals surface area (Å²) >= 11 is 0. The summed E-state index contributed by atoms with van der Waals surface area (Å²) in [6, 6.07) is 14.5. The summed E-state index contributed by atoms with van der Waals surface area (Å²) in [5, 5.41) is 9.79. The van der Waals surface area contributed by atoms with Gasteiger partial charge in [-0.3, -0.25) is 9.69 Å². The molecule has 0 spiro atoms. The van der Waals surface area contributed by atoms with Crippen molar-refractivity contribution in [1.82, 2.24) is 4.90 Å². The highest BCUT2D eigenvalue weighted by molar-refractivity contribution is 5.73. The number of piperidine rings is 1. The van der Waals surface area contributed by atoms with E-state index >= 15 is 0 Å². The number of nitrogens with zero attached hydrogens (tertiary/aromatic N) is 1. The molecule has 1 fully saturated rings. The molecule has 0 amide bonds. The predicted molar refractivity (Wildman–Crippen MR) is 101 cm³/mol. The summed E-state index contributed by atoms with van der Waals surface area (Å²) in [6.45, 7) is 7.13. The van der Waals surface area contributed by atoms with Crippen LogP contribution in [0.3, 0.4) is 0 Å². The van der Waals surface area contributed by atoms with E-state index in [0.29, 0.717) is 0 Å². The van der Waals surface area contributed by atoms with E-state index in [1.165, 1.54) is 27.8 Å². The van der Waals surface area contributed by atoms with Crippen LogP contribution in [0.4, 0.5) is 0 Å². The van der Waals surface area contributed by atoms with E-state index in [2.05, 4.69) is 68.1 Å². The van der Waals surface area contributed by atoms with E-state index in [-0.39, 0.29) is 6.04 Å². The monoisotopic (exact) mass is 337 g/mol. The maximum absolute atomic E-state index is 11.9. The molecule has 2 aromatic carbocycles. The molecule has 2 unspecified atom stereocenters. The van der Waals surface area contributed by atoms with Crippen LogP contribution in [0.1, 0.15) is 53.1 Å². The second kappa shape index (κ2) is 7.40. The van der Waals surface area contributed by atoms with E-state index in [1.54, 1.807) is 0 Å². The SMILES string of the molecule is Cc1cccc(C(c2cc(C)ccc2C)N2CCCCC2C(=O)O)c1. The number of hydrogen-bond donors (Lipinski definition) is 1. The Bertz CT molecular complexity index is 768. The van der Waals surface area contributed by atoms with E-state index in [0.717, 1.165) is 25.8 Å². The zero-order valence-corrected chi connectivity index (χ0v) is 15.3. The molecule has 1 saturated heterocycles. The summed E-state index contributed by atoms with van der Waals surface area (Å²) in [4.78, 5) is 14.1. The second-order valence-corrected chi connectivity index (χ2v) is 7.26. The van der Waals surface area contributed by atoms with Gasteiger partial charge in [0.25, 0.3) is 0 Å². The van der Waals surface area contributed by atoms with Crippen LogP contribution in [0.25, 0.3) is 0 Å². The van der Waals surface area contributed by atoms with Crippen LogP contribution in [0.5, 0.6) is 0 Å². The lowest BCUT2D eigenvalue weighted by molar-refractivity contribution is -0.145. The predicted octanol–water partition coefficient (Wildman–Crippen LogP) is 4.64. The van der Waals surface area contributed by atoms with Crippen molar-refractivity contribution < 1.29 is 9.90 Å². The smallest absolute Gasteiger partial charge is 0.320 e. The van der Waals surface area contributed by atoms with Gasteiger partial charge < -0.3 is 5.11 Å². The summed E-state index contributed by atoms with van der Waals surface area (Å²) in [6.07, 6.45) is 2.76. The van der Waals surface area contributed by atoms with Crippen LogP contribution in [-0.2, 0) is 4.79 Å². The molecule has 2 atom stereocenters. The zero-order chi connectivity index (χ0) is 18.0. The Morgan fingerprint density at radius 2 is 1.84 bits per heavy atom. The molecule has 25 heavy (non-hydrogen) atoms. The van der Waals surface area contributed by atoms with Crippen LogP contribution in [0.2, 0.25) is 0 Å². The van der Waals surface area contributed by atoms with Crippen molar-refractivity contribution >= 4 is 5.97 Å². The van der Waals surface area contributed by atoms with Crippen LogP contribution in [0.15, 0.2) is 42.5 Å². The molecule has 3 heteroatoms. The fraction of sp³-hybridized carbons (Fsp3) is 0.409. The number of hydrogen-bond acceptors (Lipinski definition) is 2. The first-order valence-electron chi connectivity index (χ1n) is 9.09. The lowest BCUT2D eigenvalue weighted by Gasteiger charge is -2.40. The van der Waals surface area contributed by atoms with Crippen LogP contribution < -0.4 is 0 Å². The third-order valence-electron chi connectivity index (χ3n) is 5.25. The van der Waals surface area contributed by atoms with Gasteiger partial charge in [-0.1, -0.05) is 60.0 Å². The number of aliphatic carboxylic acids is 1. The van der Waals surface area contributed by atoms with E-state index in [9.17, 15) is 9.90 Å². The number of carbonyl (C=O) groups is 1. The van der Waals surface area contributed by atoms with Crippen LogP contribution >= 0.6 is 0 Å². The molecule has 0 aromatic heterocycles. The van der Waals surface area contributed by atoms with Gasteiger partial charge in [0.1, 0.15) is 6.04 Å². The minimum Gasteiger partial charge on any atom is -0.480 e. The average Bonchev–Trinajstić information content (AvgIpc) is 2.59. The quantitative estimate of drug-likeness (QED) is 0.883. The van der Waals surface area contributed by atoms with Crippen molar-refractivity contribution in [1.29, 1.82) is 0 Å². The van der Waals surface area contributed by atoms with Gasteiger partial charge in [0, 0.05) is 0 Å². The van der Waals surface area contributed by atoms with Gasteiger partial charge in [-0.05, 0) is 56.8 Å². The molecule has 1 heterocycles. The second-order valence-electron chi connectivity index (χ2n) is 7.26. The van der Waals surface area contributed by atoms with Crippen molar-refractivity contribution in [2.24, 2.45) is 0 Å². The molecular formula is C22H27NO2. The maximum Gasteiger partial charge on any atom is 0.320 e. The van der Waals surface area contributed by atoms with Crippen molar-refractivity contribution in [3.8, 4) is 0 Å². The van der Waals surface area contributed by atoms with Gasteiger partial charge >= 0.3 is 5.97 Å². The highest BCUT2D eigenvalue weighted by atomic mass is 16.4. The fourth-order valence-corrected chi connectivity index (χ4v) is 3.97. The molecule has 0 aliphatic carbocycles. The van der Waals surface area contributed by atoms with Crippen molar-refractivity contribution in [3.63, 3.8) is 0 Å². The Balaban J connectivity index is 2.14. The number of aryl methyl sites for hydroxylation is 3. The summed E-state index contributed by atoms with van der Waals surface area (Å²) in [5.74, 6) is -0.706. The number of benzene rings is 2. The third kappa shape index (κ3) is 3.77. The van der Waals surface area contributed by atoms with Gasteiger partial charge in [0.15, 0.2) is 0 Å². The number of likely N-dealkylation sites (tertiary alicyclic amines) is 1.